The minimum absolute atomic E-state index is 0.120. The molecule has 2 aliphatic rings. The van der Waals surface area contributed by atoms with E-state index in [4.69, 9.17) is 10.1 Å². The van der Waals surface area contributed by atoms with E-state index in [1.54, 1.807) is 0 Å². The summed E-state index contributed by atoms with van der Waals surface area (Å²) >= 11 is 0. The Labute approximate surface area is 102 Å². The molecule has 0 radical (unpaired) electrons. The molecule has 1 atom stereocenters. The second kappa shape index (κ2) is 4.64. The van der Waals surface area contributed by atoms with Crippen LogP contribution in [-0.4, -0.2) is 42.1 Å². The monoisotopic (exact) mass is 239 g/mol. The largest absolute Gasteiger partial charge is 0.381 e. The number of hydrogen-bond donors (Lipinski definition) is 2. The molecule has 2 heterocycles. The summed E-state index contributed by atoms with van der Waals surface area (Å²) in [4.78, 5) is 13.8. The first-order valence-corrected chi connectivity index (χ1v) is 6.31. The smallest absolute Gasteiger partial charge is 0.323 e. The number of urea groups is 1. The summed E-state index contributed by atoms with van der Waals surface area (Å²) in [6.45, 7) is 6.26. The van der Waals surface area contributed by atoms with Gasteiger partial charge in [-0.1, -0.05) is 13.8 Å². The Morgan fingerprint density at radius 2 is 2.24 bits per heavy atom. The highest BCUT2D eigenvalue weighted by molar-refractivity contribution is 6.08. The van der Waals surface area contributed by atoms with Crippen LogP contribution < -0.4 is 5.32 Å². The first kappa shape index (κ1) is 12.4. The van der Waals surface area contributed by atoms with Crippen LogP contribution in [0.3, 0.4) is 0 Å². The molecule has 5 heteroatoms. The van der Waals surface area contributed by atoms with Gasteiger partial charge in [-0.2, -0.15) is 0 Å². The quantitative estimate of drug-likeness (QED) is 0.768. The number of nitrogens with zero attached hydrogens (tertiary/aromatic N) is 1. The zero-order chi connectivity index (χ0) is 12.5. The molecule has 2 N–H and O–H groups in total. The van der Waals surface area contributed by atoms with E-state index in [0.717, 1.165) is 25.9 Å². The summed E-state index contributed by atoms with van der Waals surface area (Å²) < 4.78 is 5.46. The summed E-state index contributed by atoms with van der Waals surface area (Å²) in [5.41, 5.74) is -0.433. The minimum atomic E-state index is -0.433. The van der Waals surface area contributed by atoms with E-state index in [2.05, 4.69) is 19.2 Å². The number of carbonyl (C=O) groups excluding carboxylic acids is 1. The van der Waals surface area contributed by atoms with Gasteiger partial charge in [0.05, 0.1) is 0 Å². The molecule has 17 heavy (non-hydrogen) atoms. The molecule has 0 aromatic rings. The molecule has 0 aromatic heterocycles. The minimum Gasteiger partial charge on any atom is -0.381 e. The van der Waals surface area contributed by atoms with Crippen molar-refractivity contribution in [3.63, 3.8) is 0 Å². The number of rotatable bonds is 2. The van der Waals surface area contributed by atoms with Gasteiger partial charge in [0.15, 0.2) is 0 Å². The van der Waals surface area contributed by atoms with Gasteiger partial charge in [-0.3, -0.25) is 10.7 Å². The Kier molecular flexibility index (Phi) is 3.38. The van der Waals surface area contributed by atoms with E-state index in [0.29, 0.717) is 24.9 Å². The van der Waals surface area contributed by atoms with E-state index < -0.39 is 5.54 Å². The summed E-state index contributed by atoms with van der Waals surface area (Å²) in [5.74, 6) is 0.765. The normalized spacial score (nSPS) is 29.9. The fourth-order valence-corrected chi connectivity index (χ4v) is 2.70. The van der Waals surface area contributed by atoms with Crippen LogP contribution in [0.25, 0.3) is 0 Å². The van der Waals surface area contributed by atoms with Gasteiger partial charge in [0.1, 0.15) is 11.4 Å². The summed E-state index contributed by atoms with van der Waals surface area (Å²) in [7, 11) is 0. The molecular weight excluding hydrogens is 218 g/mol. The molecule has 1 spiro atoms. The number of amidine groups is 1. The number of amides is 2. The lowest BCUT2D eigenvalue weighted by Crippen LogP contribution is -2.50. The van der Waals surface area contributed by atoms with Crippen LogP contribution in [0.5, 0.6) is 0 Å². The number of carbonyl (C=O) groups is 1. The average molecular weight is 239 g/mol. The second-order valence-corrected chi connectivity index (χ2v) is 5.31. The van der Waals surface area contributed by atoms with E-state index in [1.165, 1.54) is 0 Å². The Balaban J connectivity index is 2.25. The molecule has 0 bridgehead atoms. The lowest BCUT2D eigenvalue weighted by Gasteiger charge is -2.36. The van der Waals surface area contributed by atoms with Gasteiger partial charge in [0, 0.05) is 26.2 Å². The molecule has 0 saturated carbocycles. The van der Waals surface area contributed by atoms with Crippen molar-refractivity contribution in [2.45, 2.75) is 38.6 Å². The molecule has 5 nitrogen and oxygen atoms in total. The molecule has 1 unspecified atom stereocenters. The SMILES string of the molecule is CC(C)CN1C(=O)NC(=N)C12CCCOCC2. The fourth-order valence-electron chi connectivity index (χ4n) is 2.70. The molecule has 2 saturated heterocycles. The molecule has 96 valence electrons. The van der Waals surface area contributed by atoms with E-state index in [9.17, 15) is 4.79 Å². The lowest BCUT2D eigenvalue weighted by molar-refractivity contribution is 0.122. The predicted molar refractivity (Wildman–Crippen MR) is 65.2 cm³/mol. The van der Waals surface area contributed by atoms with E-state index in [-0.39, 0.29) is 6.03 Å². The summed E-state index contributed by atoms with van der Waals surface area (Å²) in [6.07, 6.45) is 2.47. The average Bonchev–Trinajstić information content (AvgIpc) is 2.48. The van der Waals surface area contributed by atoms with E-state index in [1.807, 2.05) is 4.90 Å². The van der Waals surface area contributed by atoms with Crippen LogP contribution in [0.4, 0.5) is 4.79 Å². The molecular formula is C12H21N3O2. The number of ether oxygens (including phenoxy) is 1. The van der Waals surface area contributed by atoms with Gasteiger partial charge >= 0.3 is 6.03 Å². The maximum absolute atomic E-state index is 11.9. The van der Waals surface area contributed by atoms with Crippen LogP contribution in [-0.2, 0) is 4.74 Å². The predicted octanol–water partition coefficient (Wildman–Crippen LogP) is 1.58. The van der Waals surface area contributed by atoms with E-state index >= 15 is 0 Å². The van der Waals surface area contributed by atoms with Crippen LogP contribution >= 0.6 is 0 Å². The lowest BCUT2D eigenvalue weighted by atomic mass is 9.88. The van der Waals surface area contributed by atoms with Crippen molar-refractivity contribution in [2.24, 2.45) is 5.92 Å². The van der Waals surface area contributed by atoms with Crippen molar-refractivity contribution in [3.05, 3.63) is 0 Å². The summed E-state index contributed by atoms with van der Waals surface area (Å²) in [5, 5.41) is 10.7. The van der Waals surface area contributed by atoms with Gasteiger partial charge in [-0.25, -0.2) is 4.79 Å². The zero-order valence-corrected chi connectivity index (χ0v) is 10.6. The van der Waals surface area contributed by atoms with Crippen molar-refractivity contribution in [1.29, 1.82) is 5.41 Å². The Hall–Kier alpha value is -1.10. The summed E-state index contributed by atoms with van der Waals surface area (Å²) in [6, 6.07) is -0.120. The second-order valence-electron chi connectivity index (χ2n) is 5.31. The first-order chi connectivity index (χ1) is 8.06. The Morgan fingerprint density at radius 1 is 1.47 bits per heavy atom. The molecule has 0 aliphatic carbocycles. The highest BCUT2D eigenvalue weighted by Crippen LogP contribution is 2.33. The molecule has 0 aromatic carbocycles. The number of nitrogens with one attached hydrogen (secondary N) is 2. The number of hydrogen-bond acceptors (Lipinski definition) is 3. The zero-order valence-electron chi connectivity index (χ0n) is 10.6. The maximum atomic E-state index is 11.9. The van der Waals surface area contributed by atoms with Crippen molar-refractivity contribution in [1.82, 2.24) is 10.2 Å². The third-order valence-corrected chi connectivity index (χ3v) is 3.55. The van der Waals surface area contributed by atoms with Crippen molar-refractivity contribution >= 4 is 11.9 Å². The van der Waals surface area contributed by atoms with Gasteiger partial charge in [0.2, 0.25) is 0 Å². The molecule has 2 rings (SSSR count). The van der Waals surface area contributed by atoms with Gasteiger partial charge < -0.3 is 9.64 Å². The maximum Gasteiger partial charge on any atom is 0.323 e. The van der Waals surface area contributed by atoms with Crippen LogP contribution in [0.2, 0.25) is 0 Å². The molecule has 2 aliphatic heterocycles. The van der Waals surface area contributed by atoms with Gasteiger partial charge in [-0.15, -0.1) is 0 Å². The standard InChI is InChI=1S/C12H21N3O2/c1-9(2)8-15-11(16)14-10(13)12(15)4-3-6-17-7-5-12/h9H,3-8H2,1-2H3,(H2,13,14,16). The Morgan fingerprint density at radius 3 is 2.94 bits per heavy atom. The third-order valence-electron chi connectivity index (χ3n) is 3.55. The van der Waals surface area contributed by atoms with Crippen molar-refractivity contribution in [2.75, 3.05) is 19.8 Å². The van der Waals surface area contributed by atoms with Crippen molar-refractivity contribution < 1.29 is 9.53 Å². The topological polar surface area (TPSA) is 65.4 Å². The highest BCUT2D eigenvalue weighted by atomic mass is 16.5. The Bertz CT molecular complexity index is 320. The van der Waals surface area contributed by atoms with Crippen LogP contribution in [0.1, 0.15) is 33.1 Å². The van der Waals surface area contributed by atoms with Crippen LogP contribution in [0, 0.1) is 11.3 Å². The van der Waals surface area contributed by atoms with Gasteiger partial charge in [0.25, 0.3) is 0 Å². The molecule has 2 fully saturated rings. The third kappa shape index (κ3) is 2.16. The first-order valence-electron chi connectivity index (χ1n) is 6.31. The van der Waals surface area contributed by atoms with Crippen molar-refractivity contribution in [3.8, 4) is 0 Å². The van der Waals surface area contributed by atoms with Crippen LogP contribution in [0.15, 0.2) is 0 Å². The fraction of sp³-hybridized carbons (Fsp3) is 0.833. The molecule has 2 amide bonds. The van der Waals surface area contributed by atoms with Gasteiger partial charge in [-0.05, 0) is 18.8 Å². The highest BCUT2D eigenvalue weighted by Gasteiger charge is 2.49.